The van der Waals surface area contributed by atoms with E-state index in [0.29, 0.717) is 29.2 Å². The lowest BCUT2D eigenvalue weighted by Crippen LogP contribution is -2.53. The van der Waals surface area contributed by atoms with Gasteiger partial charge in [0, 0.05) is 0 Å². The zero-order valence-corrected chi connectivity index (χ0v) is 16.7. The molecule has 0 radical (unpaired) electrons. The van der Waals surface area contributed by atoms with E-state index in [0.717, 1.165) is 11.3 Å². The van der Waals surface area contributed by atoms with Gasteiger partial charge in [-0.3, -0.25) is 19.8 Å². The Kier molecular flexibility index (Phi) is 6.36. The zero-order valence-electron chi connectivity index (χ0n) is 16.7. The lowest BCUT2D eigenvalue weighted by molar-refractivity contribution is -0.130. The molecule has 0 spiro atoms. The largest absolute Gasteiger partial charge is 0.508 e. The summed E-state index contributed by atoms with van der Waals surface area (Å²) < 4.78 is 10.9. The van der Waals surface area contributed by atoms with Gasteiger partial charge in [-0.05, 0) is 47.9 Å². The van der Waals surface area contributed by atoms with E-state index in [1.165, 1.54) is 25.3 Å². The van der Waals surface area contributed by atoms with E-state index in [9.17, 15) is 19.5 Å². The number of nitrogens with zero attached hydrogens (tertiary/aromatic N) is 1. The van der Waals surface area contributed by atoms with Gasteiger partial charge >= 0.3 is 6.03 Å². The Morgan fingerprint density at radius 1 is 1.10 bits per heavy atom. The second-order valence-electron chi connectivity index (χ2n) is 6.64. The number of hydrogen-bond acceptors (Lipinski definition) is 6. The number of nitrogens with one attached hydrogen (secondary N) is 1. The van der Waals surface area contributed by atoms with E-state index < -0.39 is 17.8 Å². The number of ether oxygens (including phenoxy) is 2. The van der Waals surface area contributed by atoms with Crippen molar-refractivity contribution in [3.8, 4) is 17.2 Å². The maximum absolute atomic E-state index is 12.9. The minimum Gasteiger partial charge on any atom is -0.508 e. The second-order valence-corrected chi connectivity index (χ2v) is 6.64. The quantitative estimate of drug-likeness (QED) is 0.537. The minimum absolute atomic E-state index is 0.00146. The Bertz CT molecular complexity index is 1010. The van der Waals surface area contributed by atoms with E-state index in [-0.39, 0.29) is 17.9 Å². The molecule has 8 nitrogen and oxygen atoms in total. The molecule has 1 fully saturated rings. The molecule has 2 N–H and O–H groups in total. The summed E-state index contributed by atoms with van der Waals surface area (Å²) in [5, 5.41) is 11.8. The standard InChI is InChI=1S/C22H22N2O6/c1-3-9-30-18-8-7-15(12-19(18)29-2)13-24-21(27)17(20(26)23-22(24)28)11-14-5-4-6-16(25)10-14/h4-8,10-12,25H,3,9,13H2,1-2H3,(H,23,26,28). The number of urea groups is 1. The molecule has 0 saturated carbocycles. The highest BCUT2D eigenvalue weighted by Gasteiger charge is 2.35. The van der Waals surface area contributed by atoms with Crippen LogP contribution in [-0.2, 0) is 16.1 Å². The molecule has 1 aliphatic rings. The fraction of sp³-hybridized carbons (Fsp3) is 0.227. The van der Waals surface area contributed by atoms with E-state index in [1.807, 2.05) is 6.92 Å². The average Bonchev–Trinajstić information content (AvgIpc) is 2.73. The molecule has 1 aliphatic heterocycles. The highest BCUT2D eigenvalue weighted by molar-refractivity contribution is 6.30. The fourth-order valence-corrected chi connectivity index (χ4v) is 2.94. The highest BCUT2D eigenvalue weighted by Crippen LogP contribution is 2.29. The SMILES string of the molecule is CCCOc1ccc(CN2C(=O)NC(=O)C(=Cc3cccc(O)c3)C2=O)cc1OC. The van der Waals surface area contributed by atoms with E-state index in [2.05, 4.69) is 5.32 Å². The van der Waals surface area contributed by atoms with E-state index in [1.54, 1.807) is 30.3 Å². The molecular formula is C22H22N2O6. The summed E-state index contributed by atoms with van der Waals surface area (Å²) in [4.78, 5) is 38.3. The van der Waals surface area contributed by atoms with Crippen molar-refractivity contribution in [1.82, 2.24) is 10.2 Å². The van der Waals surface area contributed by atoms with Crippen LogP contribution in [0.2, 0.25) is 0 Å². The summed E-state index contributed by atoms with van der Waals surface area (Å²) in [6.45, 7) is 2.47. The lowest BCUT2D eigenvalue weighted by Gasteiger charge is -2.26. The predicted octanol–water partition coefficient (Wildman–Crippen LogP) is 2.85. The van der Waals surface area contributed by atoms with Gasteiger partial charge in [-0.25, -0.2) is 4.79 Å². The first-order chi connectivity index (χ1) is 14.4. The van der Waals surface area contributed by atoms with Crippen molar-refractivity contribution in [2.75, 3.05) is 13.7 Å². The van der Waals surface area contributed by atoms with Crippen molar-refractivity contribution in [1.29, 1.82) is 0 Å². The van der Waals surface area contributed by atoms with Gasteiger partial charge in [-0.15, -0.1) is 0 Å². The van der Waals surface area contributed by atoms with Gasteiger partial charge in [0.05, 0.1) is 20.3 Å². The molecule has 0 unspecified atom stereocenters. The first kappa shape index (κ1) is 20.9. The summed E-state index contributed by atoms with van der Waals surface area (Å²) in [7, 11) is 1.51. The van der Waals surface area contributed by atoms with Crippen LogP contribution in [0.1, 0.15) is 24.5 Å². The van der Waals surface area contributed by atoms with Crippen molar-refractivity contribution in [2.45, 2.75) is 19.9 Å². The van der Waals surface area contributed by atoms with Gasteiger partial charge in [0.1, 0.15) is 11.3 Å². The van der Waals surface area contributed by atoms with Gasteiger partial charge in [0.15, 0.2) is 11.5 Å². The molecule has 156 valence electrons. The number of hydrogen-bond donors (Lipinski definition) is 2. The highest BCUT2D eigenvalue weighted by atomic mass is 16.5. The van der Waals surface area contributed by atoms with Crippen molar-refractivity contribution in [3.63, 3.8) is 0 Å². The van der Waals surface area contributed by atoms with Crippen LogP contribution >= 0.6 is 0 Å². The fourth-order valence-electron chi connectivity index (χ4n) is 2.94. The zero-order chi connectivity index (χ0) is 21.7. The number of aromatic hydroxyl groups is 1. The van der Waals surface area contributed by atoms with Crippen LogP contribution in [-0.4, -0.2) is 41.6 Å². The predicted molar refractivity (Wildman–Crippen MR) is 109 cm³/mol. The van der Waals surface area contributed by atoms with Crippen molar-refractivity contribution >= 4 is 23.9 Å². The monoisotopic (exact) mass is 410 g/mol. The van der Waals surface area contributed by atoms with Crippen molar-refractivity contribution in [2.24, 2.45) is 0 Å². The topological polar surface area (TPSA) is 105 Å². The van der Waals surface area contributed by atoms with Crippen LogP contribution in [0.15, 0.2) is 48.0 Å². The molecule has 4 amide bonds. The number of phenolic OH excluding ortho intramolecular Hbond substituents is 1. The molecule has 2 aromatic rings. The molecule has 30 heavy (non-hydrogen) atoms. The number of phenols is 1. The summed E-state index contributed by atoms with van der Waals surface area (Å²) in [5.41, 5.74) is 0.891. The van der Waals surface area contributed by atoms with Gasteiger partial charge < -0.3 is 14.6 Å². The Morgan fingerprint density at radius 3 is 2.60 bits per heavy atom. The van der Waals surface area contributed by atoms with Gasteiger partial charge in [0.2, 0.25) is 0 Å². The minimum atomic E-state index is -0.802. The summed E-state index contributed by atoms with van der Waals surface area (Å²) in [6.07, 6.45) is 2.18. The number of barbiturate groups is 1. The third kappa shape index (κ3) is 4.60. The third-order valence-electron chi connectivity index (χ3n) is 4.40. The molecule has 8 heteroatoms. The number of carbonyl (C=O) groups is 3. The molecule has 2 aromatic carbocycles. The number of amides is 4. The van der Waals surface area contributed by atoms with Gasteiger partial charge in [-0.1, -0.05) is 25.1 Å². The number of carbonyl (C=O) groups excluding carboxylic acids is 3. The number of rotatable bonds is 7. The van der Waals surface area contributed by atoms with Gasteiger partial charge in [0.25, 0.3) is 11.8 Å². The molecule has 0 atom stereocenters. The van der Waals surface area contributed by atoms with Crippen LogP contribution in [0.5, 0.6) is 17.2 Å². The van der Waals surface area contributed by atoms with E-state index in [4.69, 9.17) is 9.47 Å². The molecular weight excluding hydrogens is 388 g/mol. The molecule has 0 aromatic heterocycles. The van der Waals surface area contributed by atoms with Crippen molar-refractivity contribution in [3.05, 3.63) is 59.2 Å². The lowest BCUT2D eigenvalue weighted by atomic mass is 10.1. The molecule has 0 bridgehead atoms. The normalized spacial score (nSPS) is 15.3. The Labute approximate surface area is 173 Å². The Morgan fingerprint density at radius 2 is 1.90 bits per heavy atom. The maximum atomic E-state index is 12.9. The van der Waals surface area contributed by atoms with Crippen molar-refractivity contribution < 1.29 is 29.0 Å². The summed E-state index contributed by atoms with van der Waals surface area (Å²) in [6, 6.07) is 10.4. The number of imide groups is 2. The van der Waals surface area contributed by atoms with Gasteiger partial charge in [-0.2, -0.15) is 0 Å². The third-order valence-corrected chi connectivity index (χ3v) is 4.40. The number of methoxy groups -OCH3 is 1. The maximum Gasteiger partial charge on any atom is 0.331 e. The number of benzene rings is 2. The second kappa shape index (κ2) is 9.13. The average molecular weight is 410 g/mol. The van der Waals surface area contributed by atoms with E-state index >= 15 is 0 Å². The van der Waals surface area contributed by atoms with Crippen LogP contribution in [0.3, 0.4) is 0 Å². The smallest absolute Gasteiger partial charge is 0.331 e. The van der Waals surface area contributed by atoms with Crippen LogP contribution in [0.25, 0.3) is 6.08 Å². The summed E-state index contributed by atoms with van der Waals surface area (Å²) >= 11 is 0. The van der Waals surface area contributed by atoms with Crippen LogP contribution in [0, 0.1) is 0 Å². The molecule has 0 aliphatic carbocycles. The Hall–Kier alpha value is -3.81. The Balaban J connectivity index is 1.85. The first-order valence-corrected chi connectivity index (χ1v) is 9.40. The molecule has 1 saturated heterocycles. The first-order valence-electron chi connectivity index (χ1n) is 9.40. The molecule has 1 heterocycles. The van der Waals surface area contributed by atoms with Crippen LogP contribution in [0.4, 0.5) is 4.79 Å². The van der Waals surface area contributed by atoms with Crippen LogP contribution < -0.4 is 14.8 Å². The summed E-state index contributed by atoms with van der Waals surface area (Å²) in [5.74, 6) is -0.462. The molecule has 3 rings (SSSR count).